The number of rotatable bonds is 7. The first-order valence-corrected chi connectivity index (χ1v) is 7.23. The van der Waals surface area contributed by atoms with Crippen LogP contribution in [0.3, 0.4) is 0 Å². The normalized spacial score (nSPS) is 11.1. The number of carbonyl (C=O) groups excluding carboxylic acids is 1. The summed E-state index contributed by atoms with van der Waals surface area (Å²) in [5.74, 6) is -0.0730. The van der Waals surface area contributed by atoms with Gasteiger partial charge in [0.2, 0.25) is 0 Å². The minimum absolute atomic E-state index is 0.175. The first-order valence-electron chi connectivity index (χ1n) is 7.23. The fourth-order valence-corrected chi connectivity index (χ4v) is 1.97. The molecule has 1 amide bonds. The summed E-state index contributed by atoms with van der Waals surface area (Å²) in [6, 6.07) is 3.40. The van der Waals surface area contributed by atoms with E-state index in [2.05, 4.69) is 29.0 Å². The average molecular weight is 279 g/mol. The summed E-state index contributed by atoms with van der Waals surface area (Å²) in [7, 11) is 0. The zero-order valence-corrected chi connectivity index (χ0v) is 12.8. The molecular formula is C15H25N3O2. The molecule has 1 aromatic heterocycles. The number of carbonyl (C=O) groups is 1. The van der Waals surface area contributed by atoms with Gasteiger partial charge < -0.3 is 15.2 Å². The van der Waals surface area contributed by atoms with Gasteiger partial charge in [-0.05, 0) is 31.1 Å². The number of nitrogens with one attached hydrogen (secondary N) is 2. The molecule has 0 fully saturated rings. The molecule has 0 atom stereocenters. The highest BCUT2D eigenvalue weighted by Gasteiger charge is 2.11. The lowest BCUT2D eigenvalue weighted by Crippen LogP contribution is -2.36. The smallest absolute Gasteiger partial charge is 0.261 e. The maximum absolute atomic E-state index is 12.0. The number of H-pyrrole nitrogens is 1. The molecule has 1 rings (SSSR count). The van der Waals surface area contributed by atoms with Gasteiger partial charge in [0.1, 0.15) is 5.56 Å². The fraction of sp³-hybridized carbons (Fsp3) is 0.600. The third-order valence-electron chi connectivity index (χ3n) is 3.41. The lowest BCUT2D eigenvalue weighted by Gasteiger charge is -2.17. The number of pyridine rings is 1. The van der Waals surface area contributed by atoms with Gasteiger partial charge in [0.05, 0.1) is 0 Å². The van der Waals surface area contributed by atoms with E-state index < -0.39 is 0 Å². The molecule has 5 nitrogen and oxygen atoms in total. The summed E-state index contributed by atoms with van der Waals surface area (Å²) in [6.07, 6.45) is 0. The molecule has 0 spiro atoms. The molecule has 1 aromatic rings. The summed E-state index contributed by atoms with van der Waals surface area (Å²) in [5, 5.41) is 2.79. The van der Waals surface area contributed by atoms with Crippen molar-refractivity contribution < 1.29 is 4.79 Å². The average Bonchev–Trinajstić information content (AvgIpc) is 2.43. The number of hydrogen-bond donors (Lipinski definition) is 2. The Kier molecular flexibility index (Phi) is 6.45. The molecule has 112 valence electrons. The van der Waals surface area contributed by atoms with E-state index in [4.69, 9.17) is 0 Å². The molecule has 5 heteroatoms. The third kappa shape index (κ3) is 4.49. The summed E-state index contributed by atoms with van der Waals surface area (Å²) < 4.78 is 0. The van der Waals surface area contributed by atoms with Crippen LogP contribution in [0.1, 0.15) is 49.7 Å². The second-order valence-corrected chi connectivity index (χ2v) is 5.09. The predicted molar refractivity (Wildman–Crippen MR) is 81.3 cm³/mol. The molecule has 0 aliphatic carbocycles. The SMILES string of the molecule is CCN(CC)CCNC(=O)c1ccc(C(C)C)[nH]c1=O. The third-order valence-corrected chi connectivity index (χ3v) is 3.41. The van der Waals surface area contributed by atoms with Crippen molar-refractivity contribution >= 4 is 5.91 Å². The summed E-state index contributed by atoms with van der Waals surface area (Å²) in [6.45, 7) is 11.4. The summed E-state index contributed by atoms with van der Waals surface area (Å²) >= 11 is 0. The Morgan fingerprint density at radius 3 is 2.45 bits per heavy atom. The Bertz CT molecular complexity index is 490. The van der Waals surface area contributed by atoms with Crippen LogP contribution in [0.4, 0.5) is 0 Å². The Balaban J connectivity index is 2.62. The van der Waals surface area contributed by atoms with Gasteiger partial charge in [-0.2, -0.15) is 0 Å². The minimum atomic E-state index is -0.323. The van der Waals surface area contributed by atoms with Crippen LogP contribution < -0.4 is 10.9 Å². The summed E-state index contributed by atoms with van der Waals surface area (Å²) in [4.78, 5) is 28.8. The first kappa shape index (κ1) is 16.4. The van der Waals surface area contributed by atoms with E-state index in [1.165, 1.54) is 0 Å². The zero-order chi connectivity index (χ0) is 15.1. The Morgan fingerprint density at radius 1 is 1.30 bits per heavy atom. The second kappa shape index (κ2) is 7.85. The molecule has 0 radical (unpaired) electrons. The monoisotopic (exact) mass is 279 g/mol. The van der Waals surface area contributed by atoms with Gasteiger partial charge in [0.15, 0.2) is 0 Å². The van der Waals surface area contributed by atoms with E-state index in [0.717, 1.165) is 25.3 Å². The van der Waals surface area contributed by atoms with Crippen LogP contribution in [-0.4, -0.2) is 42.0 Å². The summed E-state index contributed by atoms with van der Waals surface area (Å²) in [5.41, 5.74) is 0.695. The zero-order valence-electron chi connectivity index (χ0n) is 12.8. The molecule has 0 aromatic carbocycles. The lowest BCUT2D eigenvalue weighted by molar-refractivity contribution is 0.0947. The molecular weight excluding hydrogens is 254 g/mol. The van der Waals surface area contributed by atoms with Crippen LogP contribution in [0.2, 0.25) is 0 Å². The number of aromatic nitrogens is 1. The molecule has 2 N–H and O–H groups in total. The molecule has 0 aliphatic rings. The van der Waals surface area contributed by atoms with Crippen LogP contribution in [0.15, 0.2) is 16.9 Å². The maximum atomic E-state index is 12.0. The maximum Gasteiger partial charge on any atom is 0.261 e. The van der Waals surface area contributed by atoms with Gasteiger partial charge >= 0.3 is 0 Å². The van der Waals surface area contributed by atoms with Crippen molar-refractivity contribution in [2.24, 2.45) is 0 Å². The van der Waals surface area contributed by atoms with Crippen molar-refractivity contribution in [3.8, 4) is 0 Å². The molecule has 0 bridgehead atoms. The van der Waals surface area contributed by atoms with Gasteiger partial charge in [0.25, 0.3) is 11.5 Å². The Morgan fingerprint density at radius 2 is 1.95 bits per heavy atom. The molecule has 0 saturated carbocycles. The highest BCUT2D eigenvalue weighted by atomic mass is 16.2. The van der Waals surface area contributed by atoms with E-state index in [-0.39, 0.29) is 22.9 Å². The largest absolute Gasteiger partial charge is 0.351 e. The van der Waals surface area contributed by atoms with E-state index >= 15 is 0 Å². The second-order valence-electron chi connectivity index (χ2n) is 5.09. The van der Waals surface area contributed by atoms with Crippen molar-refractivity contribution in [3.63, 3.8) is 0 Å². The van der Waals surface area contributed by atoms with Gasteiger partial charge in [-0.25, -0.2) is 0 Å². The van der Waals surface area contributed by atoms with Crippen LogP contribution >= 0.6 is 0 Å². The molecule has 20 heavy (non-hydrogen) atoms. The Labute approximate surface area is 120 Å². The van der Waals surface area contributed by atoms with Crippen molar-refractivity contribution in [2.45, 2.75) is 33.6 Å². The van der Waals surface area contributed by atoms with E-state index in [0.29, 0.717) is 6.54 Å². The lowest BCUT2D eigenvalue weighted by atomic mass is 10.1. The van der Waals surface area contributed by atoms with Crippen molar-refractivity contribution in [2.75, 3.05) is 26.2 Å². The fourth-order valence-electron chi connectivity index (χ4n) is 1.97. The van der Waals surface area contributed by atoms with E-state index in [1.807, 2.05) is 13.8 Å². The van der Waals surface area contributed by atoms with Crippen molar-refractivity contribution in [3.05, 3.63) is 33.7 Å². The number of aromatic amines is 1. The highest BCUT2D eigenvalue weighted by molar-refractivity contribution is 5.93. The van der Waals surface area contributed by atoms with E-state index in [9.17, 15) is 9.59 Å². The predicted octanol–water partition coefficient (Wildman–Crippen LogP) is 1.57. The number of likely N-dealkylation sites (N-methyl/N-ethyl adjacent to an activating group) is 1. The van der Waals surface area contributed by atoms with Gasteiger partial charge in [0, 0.05) is 18.8 Å². The van der Waals surface area contributed by atoms with Crippen LogP contribution in [0, 0.1) is 0 Å². The number of hydrogen-bond acceptors (Lipinski definition) is 3. The number of nitrogens with zero attached hydrogens (tertiary/aromatic N) is 1. The van der Waals surface area contributed by atoms with Crippen molar-refractivity contribution in [1.29, 1.82) is 0 Å². The quantitative estimate of drug-likeness (QED) is 0.796. The highest BCUT2D eigenvalue weighted by Crippen LogP contribution is 2.08. The molecule has 0 saturated heterocycles. The topological polar surface area (TPSA) is 65.2 Å². The molecule has 0 unspecified atom stereocenters. The number of amides is 1. The van der Waals surface area contributed by atoms with Crippen molar-refractivity contribution in [1.82, 2.24) is 15.2 Å². The molecule has 1 heterocycles. The van der Waals surface area contributed by atoms with Gasteiger partial charge in [-0.1, -0.05) is 27.7 Å². The van der Waals surface area contributed by atoms with Gasteiger partial charge in [-0.15, -0.1) is 0 Å². The van der Waals surface area contributed by atoms with Gasteiger partial charge in [-0.3, -0.25) is 9.59 Å². The van der Waals surface area contributed by atoms with Crippen LogP contribution in [0.5, 0.6) is 0 Å². The van der Waals surface area contributed by atoms with Crippen LogP contribution in [-0.2, 0) is 0 Å². The Hall–Kier alpha value is -1.62. The van der Waals surface area contributed by atoms with Crippen LogP contribution in [0.25, 0.3) is 0 Å². The van der Waals surface area contributed by atoms with E-state index in [1.54, 1.807) is 12.1 Å². The standard InChI is InChI=1S/C15H25N3O2/c1-5-18(6-2)10-9-16-14(19)12-7-8-13(11(3)4)17-15(12)20/h7-8,11H,5-6,9-10H2,1-4H3,(H,16,19)(H,17,20). The molecule has 0 aliphatic heterocycles. The first-order chi connectivity index (χ1) is 9.49. The minimum Gasteiger partial charge on any atom is -0.351 e.